The molecule has 2 atom stereocenters. The van der Waals surface area contributed by atoms with Crippen molar-refractivity contribution in [3.8, 4) is 11.5 Å². The number of hydrogen-bond acceptors (Lipinski definition) is 3. The monoisotopic (exact) mass is 381 g/mol. The molecule has 1 aliphatic carbocycles. The van der Waals surface area contributed by atoms with Crippen LogP contribution in [0.5, 0.6) is 11.5 Å². The van der Waals surface area contributed by atoms with Crippen LogP contribution in [0, 0.1) is 18.8 Å². The predicted molar refractivity (Wildman–Crippen MR) is 112 cm³/mol. The lowest BCUT2D eigenvalue weighted by molar-refractivity contribution is -0.127. The van der Waals surface area contributed by atoms with E-state index in [1.165, 1.54) is 12.0 Å². The third-order valence-corrected chi connectivity index (χ3v) is 5.80. The molecule has 1 saturated carbocycles. The topological polar surface area (TPSA) is 47.6 Å². The van der Waals surface area contributed by atoms with Gasteiger partial charge < -0.3 is 14.8 Å². The van der Waals surface area contributed by atoms with Crippen molar-refractivity contribution in [1.82, 2.24) is 5.32 Å². The quantitative estimate of drug-likeness (QED) is 0.758. The van der Waals surface area contributed by atoms with E-state index in [0.717, 1.165) is 48.3 Å². The van der Waals surface area contributed by atoms with E-state index >= 15 is 0 Å². The Bertz CT molecular complexity index is 785. The Morgan fingerprint density at radius 1 is 1.04 bits per heavy atom. The molecule has 4 nitrogen and oxygen atoms in total. The van der Waals surface area contributed by atoms with E-state index in [9.17, 15) is 4.79 Å². The third-order valence-electron chi connectivity index (χ3n) is 5.80. The summed E-state index contributed by atoms with van der Waals surface area (Å²) in [6.07, 6.45) is 5.16. The molecule has 0 saturated heterocycles. The highest BCUT2D eigenvalue weighted by atomic mass is 16.5. The molecular weight excluding hydrogens is 350 g/mol. The number of methoxy groups -OCH3 is 2. The average molecular weight is 382 g/mol. The van der Waals surface area contributed by atoms with Crippen molar-refractivity contribution in [2.45, 2.75) is 45.6 Å². The number of hydrogen-bond donors (Lipinski definition) is 1. The largest absolute Gasteiger partial charge is 0.493 e. The van der Waals surface area contributed by atoms with Crippen molar-refractivity contribution in [1.29, 1.82) is 0 Å². The van der Waals surface area contributed by atoms with Crippen LogP contribution in [0.25, 0.3) is 0 Å². The van der Waals surface area contributed by atoms with Gasteiger partial charge >= 0.3 is 0 Å². The van der Waals surface area contributed by atoms with Crippen LogP contribution in [0.1, 0.15) is 42.4 Å². The summed E-state index contributed by atoms with van der Waals surface area (Å²) in [5.41, 5.74) is 3.49. The minimum absolute atomic E-state index is 0.0510. The van der Waals surface area contributed by atoms with Gasteiger partial charge in [0, 0.05) is 12.5 Å². The van der Waals surface area contributed by atoms with E-state index in [4.69, 9.17) is 9.47 Å². The van der Waals surface area contributed by atoms with Crippen molar-refractivity contribution in [2.24, 2.45) is 11.8 Å². The zero-order valence-electron chi connectivity index (χ0n) is 17.2. The van der Waals surface area contributed by atoms with Crippen molar-refractivity contribution in [2.75, 3.05) is 14.2 Å². The number of amides is 1. The molecule has 0 bridgehead atoms. The Balaban J connectivity index is 1.68. The van der Waals surface area contributed by atoms with Crippen molar-refractivity contribution >= 4 is 5.91 Å². The average Bonchev–Trinajstić information content (AvgIpc) is 2.73. The first-order chi connectivity index (χ1) is 13.6. The fourth-order valence-electron chi connectivity index (χ4n) is 4.22. The zero-order valence-corrected chi connectivity index (χ0v) is 17.2. The molecule has 1 amide bonds. The fraction of sp³-hybridized carbons (Fsp3) is 0.458. The normalized spacial score (nSPS) is 19.1. The number of carbonyl (C=O) groups is 1. The molecule has 2 aromatic carbocycles. The maximum atomic E-state index is 12.9. The molecule has 150 valence electrons. The van der Waals surface area contributed by atoms with Gasteiger partial charge in [0.2, 0.25) is 5.91 Å². The molecule has 1 aliphatic rings. The van der Waals surface area contributed by atoms with Crippen LogP contribution in [0.4, 0.5) is 0 Å². The Morgan fingerprint density at radius 3 is 2.50 bits per heavy atom. The minimum atomic E-state index is 0.0510. The van der Waals surface area contributed by atoms with Gasteiger partial charge in [-0.3, -0.25) is 4.79 Å². The van der Waals surface area contributed by atoms with Gasteiger partial charge in [-0.1, -0.05) is 54.8 Å². The molecule has 3 rings (SSSR count). The molecular formula is C24H31NO3. The number of ether oxygens (including phenoxy) is 2. The number of aryl methyl sites for hydroxylation is 1. The Hall–Kier alpha value is -2.49. The fourth-order valence-corrected chi connectivity index (χ4v) is 4.22. The number of carbonyl (C=O) groups excluding carboxylic acids is 1. The number of rotatable bonds is 7. The highest BCUT2D eigenvalue weighted by Crippen LogP contribution is 2.37. The van der Waals surface area contributed by atoms with Crippen LogP contribution in [-0.4, -0.2) is 20.1 Å². The van der Waals surface area contributed by atoms with E-state index in [1.54, 1.807) is 14.2 Å². The van der Waals surface area contributed by atoms with E-state index in [1.807, 2.05) is 12.1 Å². The summed E-state index contributed by atoms with van der Waals surface area (Å²) in [5, 5.41) is 3.16. The molecule has 2 aromatic rings. The number of nitrogens with one attached hydrogen (secondary N) is 1. The summed E-state index contributed by atoms with van der Waals surface area (Å²) in [6.45, 7) is 2.66. The maximum Gasteiger partial charge on any atom is 0.223 e. The van der Waals surface area contributed by atoms with Gasteiger partial charge in [-0.25, -0.2) is 0 Å². The minimum Gasteiger partial charge on any atom is -0.493 e. The van der Waals surface area contributed by atoms with Crippen LogP contribution in [-0.2, 0) is 17.8 Å². The molecule has 0 radical (unpaired) electrons. The van der Waals surface area contributed by atoms with Crippen molar-refractivity contribution < 1.29 is 14.3 Å². The molecule has 28 heavy (non-hydrogen) atoms. The standard InChI is InChI=1S/C24H31NO3/c1-17-11-13-18(14-12-17)16-25-24(26)21-9-5-4-7-19(21)15-20-8-6-10-22(27-2)23(20)28-3/h6,8,10-14,19,21H,4-5,7,9,15-16H2,1-3H3,(H,25,26). The Morgan fingerprint density at radius 2 is 1.79 bits per heavy atom. The SMILES string of the molecule is COc1cccc(CC2CCCCC2C(=O)NCc2ccc(C)cc2)c1OC. The predicted octanol–water partition coefficient (Wildman–Crippen LogP) is 4.68. The summed E-state index contributed by atoms with van der Waals surface area (Å²) < 4.78 is 11.0. The zero-order chi connectivity index (χ0) is 19.9. The second kappa shape index (κ2) is 9.63. The van der Waals surface area contributed by atoms with Gasteiger partial charge in [0.1, 0.15) is 0 Å². The molecule has 0 aromatic heterocycles. The smallest absolute Gasteiger partial charge is 0.223 e. The van der Waals surface area contributed by atoms with E-state index in [2.05, 4.69) is 42.6 Å². The highest BCUT2D eigenvalue weighted by molar-refractivity contribution is 5.79. The molecule has 0 heterocycles. The van der Waals surface area contributed by atoms with Crippen molar-refractivity contribution in [3.05, 3.63) is 59.2 Å². The first-order valence-corrected chi connectivity index (χ1v) is 10.2. The second-order valence-corrected chi connectivity index (χ2v) is 7.71. The number of para-hydroxylation sites is 1. The lowest BCUT2D eigenvalue weighted by atomic mass is 9.75. The molecule has 1 N–H and O–H groups in total. The van der Waals surface area contributed by atoms with E-state index in [0.29, 0.717) is 12.5 Å². The Labute approximate surface area is 168 Å². The van der Waals surface area contributed by atoms with Crippen LogP contribution in [0.15, 0.2) is 42.5 Å². The van der Waals surface area contributed by atoms with Crippen LogP contribution in [0.2, 0.25) is 0 Å². The van der Waals surface area contributed by atoms with Gasteiger partial charge in [-0.05, 0) is 49.3 Å². The van der Waals surface area contributed by atoms with Crippen LogP contribution in [0.3, 0.4) is 0 Å². The first kappa shape index (κ1) is 20.2. The molecule has 0 spiro atoms. The lowest BCUT2D eigenvalue weighted by Gasteiger charge is -2.31. The highest BCUT2D eigenvalue weighted by Gasteiger charge is 2.31. The van der Waals surface area contributed by atoms with Crippen molar-refractivity contribution in [3.63, 3.8) is 0 Å². The van der Waals surface area contributed by atoms with E-state index < -0.39 is 0 Å². The van der Waals surface area contributed by atoms with Crippen LogP contribution >= 0.6 is 0 Å². The summed E-state index contributed by atoms with van der Waals surface area (Å²) in [7, 11) is 3.33. The number of benzene rings is 2. The third kappa shape index (κ3) is 4.86. The molecule has 2 unspecified atom stereocenters. The van der Waals surface area contributed by atoms with Crippen LogP contribution < -0.4 is 14.8 Å². The molecule has 0 aliphatic heterocycles. The van der Waals surface area contributed by atoms with E-state index in [-0.39, 0.29) is 11.8 Å². The molecule has 4 heteroatoms. The van der Waals surface area contributed by atoms with Gasteiger partial charge in [0.15, 0.2) is 11.5 Å². The summed E-state index contributed by atoms with van der Waals surface area (Å²) in [5.74, 6) is 2.08. The summed E-state index contributed by atoms with van der Waals surface area (Å²) >= 11 is 0. The lowest BCUT2D eigenvalue weighted by Crippen LogP contribution is -2.37. The van der Waals surface area contributed by atoms with Gasteiger partial charge in [-0.15, -0.1) is 0 Å². The second-order valence-electron chi connectivity index (χ2n) is 7.71. The van der Waals surface area contributed by atoms with Gasteiger partial charge in [0.25, 0.3) is 0 Å². The summed E-state index contributed by atoms with van der Waals surface area (Å²) in [6, 6.07) is 14.3. The van der Waals surface area contributed by atoms with Gasteiger partial charge in [-0.2, -0.15) is 0 Å². The first-order valence-electron chi connectivity index (χ1n) is 10.2. The maximum absolute atomic E-state index is 12.9. The molecule has 1 fully saturated rings. The van der Waals surface area contributed by atoms with Gasteiger partial charge in [0.05, 0.1) is 14.2 Å². The summed E-state index contributed by atoms with van der Waals surface area (Å²) in [4.78, 5) is 12.9. The Kier molecular flexibility index (Phi) is 6.96.